The van der Waals surface area contributed by atoms with E-state index in [1.165, 1.54) is 12.3 Å². The molecule has 0 fully saturated rings. The summed E-state index contributed by atoms with van der Waals surface area (Å²) in [6.07, 6.45) is 2.95. The highest BCUT2D eigenvalue weighted by molar-refractivity contribution is 6.04. The molecule has 0 aliphatic heterocycles. The van der Waals surface area contributed by atoms with Gasteiger partial charge in [0.25, 0.3) is 5.91 Å². The topological polar surface area (TPSA) is 45.2 Å². The van der Waals surface area contributed by atoms with Crippen molar-refractivity contribution in [3.63, 3.8) is 0 Å². The Morgan fingerprint density at radius 2 is 1.64 bits per heavy atom. The molecule has 0 saturated carbocycles. The van der Waals surface area contributed by atoms with Crippen LogP contribution in [0.2, 0.25) is 0 Å². The van der Waals surface area contributed by atoms with Crippen LogP contribution in [0.3, 0.4) is 0 Å². The number of hydrogen-bond donors (Lipinski definition) is 1. The van der Waals surface area contributed by atoms with Gasteiger partial charge in [0.15, 0.2) is 0 Å². The molecule has 4 nitrogen and oxygen atoms in total. The van der Waals surface area contributed by atoms with Crippen molar-refractivity contribution >= 4 is 23.0 Å². The second-order valence-electron chi connectivity index (χ2n) is 5.38. The second-order valence-corrected chi connectivity index (χ2v) is 5.38. The summed E-state index contributed by atoms with van der Waals surface area (Å²) < 4.78 is 27.4. The first-order chi connectivity index (χ1) is 12.1. The van der Waals surface area contributed by atoms with E-state index in [0.29, 0.717) is 5.69 Å². The van der Waals surface area contributed by atoms with Gasteiger partial charge >= 0.3 is 0 Å². The molecule has 0 aliphatic carbocycles. The molecular weight excluding hydrogens is 324 g/mol. The Bertz CT molecular complexity index is 880. The van der Waals surface area contributed by atoms with Gasteiger partial charge in [0, 0.05) is 18.9 Å². The highest BCUT2D eigenvalue weighted by Crippen LogP contribution is 2.24. The standard InChI is InChI=1S/C19H15F2N3O/c1-24(14-6-3-2-4-7-14)15-10-13(11-22-12-15)19(25)23-18-16(20)8-5-9-17(18)21/h2-12H,1H3,(H,23,25). The Kier molecular flexibility index (Phi) is 4.70. The minimum Gasteiger partial charge on any atom is -0.343 e. The van der Waals surface area contributed by atoms with Gasteiger partial charge in [0.1, 0.15) is 17.3 Å². The van der Waals surface area contributed by atoms with Crippen LogP contribution in [0.25, 0.3) is 0 Å². The fourth-order valence-corrected chi connectivity index (χ4v) is 2.34. The number of para-hydroxylation sites is 2. The summed E-state index contributed by atoms with van der Waals surface area (Å²) in [6, 6.07) is 14.5. The lowest BCUT2D eigenvalue weighted by Gasteiger charge is -2.19. The van der Waals surface area contributed by atoms with Gasteiger partial charge in [-0.2, -0.15) is 0 Å². The predicted molar refractivity (Wildman–Crippen MR) is 93.1 cm³/mol. The van der Waals surface area contributed by atoms with Crippen molar-refractivity contribution < 1.29 is 13.6 Å². The smallest absolute Gasteiger partial charge is 0.257 e. The molecule has 3 rings (SSSR count). The first-order valence-corrected chi connectivity index (χ1v) is 7.55. The van der Waals surface area contributed by atoms with Crippen molar-refractivity contribution in [2.75, 3.05) is 17.3 Å². The van der Waals surface area contributed by atoms with E-state index in [4.69, 9.17) is 0 Å². The molecular formula is C19H15F2N3O. The number of nitrogens with zero attached hydrogens (tertiary/aromatic N) is 2. The zero-order chi connectivity index (χ0) is 17.8. The zero-order valence-electron chi connectivity index (χ0n) is 13.4. The molecule has 0 atom stereocenters. The Morgan fingerprint density at radius 3 is 2.32 bits per heavy atom. The maximum Gasteiger partial charge on any atom is 0.257 e. The number of anilines is 3. The molecule has 3 aromatic rings. The molecule has 1 heterocycles. The highest BCUT2D eigenvalue weighted by atomic mass is 19.1. The number of amides is 1. The average Bonchev–Trinajstić information content (AvgIpc) is 2.65. The Hall–Kier alpha value is -3.28. The lowest BCUT2D eigenvalue weighted by atomic mass is 10.2. The number of rotatable bonds is 4. The van der Waals surface area contributed by atoms with E-state index in [-0.39, 0.29) is 5.56 Å². The fourth-order valence-electron chi connectivity index (χ4n) is 2.34. The van der Waals surface area contributed by atoms with E-state index in [0.717, 1.165) is 17.8 Å². The lowest BCUT2D eigenvalue weighted by molar-refractivity contribution is 0.102. The summed E-state index contributed by atoms with van der Waals surface area (Å²) in [6.45, 7) is 0. The van der Waals surface area contributed by atoms with Gasteiger partial charge in [-0.05, 0) is 30.3 Å². The first kappa shape index (κ1) is 16.6. The van der Waals surface area contributed by atoms with Crippen LogP contribution in [0.4, 0.5) is 25.8 Å². The Labute approximate surface area is 143 Å². The van der Waals surface area contributed by atoms with Crippen LogP contribution in [0, 0.1) is 11.6 Å². The molecule has 6 heteroatoms. The summed E-state index contributed by atoms with van der Waals surface area (Å²) in [5, 5.41) is 2.25. The molecule has 2 aromatic carbocycles. The predicted octanol–water partition coefficient (Wildman–Crippen LogP) is 4.38. The fraction of sp³-hybridized carbons (Fsp3) is 0.0526. The maximum atomic E-state index is 13.7. The summed E-state index contributed by atoms with van der Waals surface area (Å²) in [4.78, 5) is 18.2. The number of aromatic nitrogens is 1. The third kappa shape index (κ3) is 3.63. The van der Waals surface area contributed by atoms with E-state index in [1.807, 2.05) is 42.3 Å². The number of carbonyl (C=O) groups excluding carboxylic acids is 1. The molecule has 0 saturated heterocycles. The van der Waals surface area contributed by atoms with Crippen LogP contribution in [0.5, 0.6) is 0 Å². The summed E-state index contributed by atoms with van der Waals surface area (Å²) in [5.41, 5.74) is 1.31. The number of benzene rings is 2. The van der Waals surface area contributed by atoms with Crippen LogP contribution in [0.15, 0.2) is 67.0 Å². The number of nitrogens with one attached hydrogen (secondary N) is 1. The van der Waals surface area contributed by atoms with Gasteiger partial charge in [-0.1, -0.05) is 24.3 Å². The van der Waals surface area contributed by atoms with Gasteiger partial charge < -0.3 is 10.2 Å². The van der Waals surface area contributed by atoms with E-state index >= 15 is 0 Å². The number of halogens is 2. The minimum atomic E-state index is -0.834. The molecule has 1 aromatic heterocycles. The monoisotopic (exact) mass is 339 g/mol. The maximum absolute atomic E-state index is 13.7. The van der Waals surface area contributed by atoms with Crippen molar-refractivity contribution in [2.45, 2.75) is 0 Å². The van der Waals surface area contributed by atoms with Crippen molar-refractivity contribution in [1.82, 2.24) is 4.98 Å². The Balaban J connectivity index is 1.85. The second kappa shape index (κ2) is 7.09. The van der Waals surface area contributed by atoms with E-state index in [2.05, 4.69) is 10.3 Å². The zero-order valence-corrected chi connectivity index (χ0v) is 13.4. The number of carbonyl (C=O) groups is 1. The average molecular weight is 339 g/mol. The normalized spacial score (nSPS) is 10.4. The largest absolute Gasteiger partial charge is 0.343 e. The van der Waals surface area contributed by atoms with Gasteiger partial charge in [-0.25, -0.2) is 8.78 Å². The van der Waals surface area contributed by atoms with Gasteiger partial charge in [-0.3, -0.25) is 9.78 Å². The van der Waals surface area contributed by atoms with Crippen LogP contribution < -0.4 is 10.2 Å². The summed E-state index contributed by atoms with van der Waals surface area (Å²) >= 11 is 0. The molecule has 0 unspecified atom stereocenters. The molecule has 126 valence electrons. The van der Waals surface area contributed by atoms with Crippen molar-refractivity contribution in [2.24, 2.45) is 0 Å². The molecule has 25 heavy (non-hydrogen) atoms. The van der Waals surface area contributed by atoms with E-state index in [9.17, 15) is 13.6 Å². The SMILES string of the molecule is CN(c1ccccc1)c1cncc(C(=O)Nc2c(F)cccc2F)c1. The van der Waals surface area contributed by atoms with Gasteiger partial charge in [0.2, 0.25) is 0 Å². The summed E-state index contributed by atoms with van der Waals surface area (Å²) in [5.74, 6) is -2.31. The van der Waals surface area contributed by atoms with Gasteiger partial charge in [-0.15, -0.1) is 0 Å². The van der Waals surface area contributed by atoms with Crippen LogP contribution in [-0.2, 0) is 0 Å². The molecule has 0 spiro atoms. The minimum absolute atomic E-state index is 0.197. The Morgan fingerprint density at radius 1 is 0.960 bits per heavy atom. The van der Waals surface area contributed by atoms with E-state index < -0.39 is 23.2 Å². The van der Waals surface area contributed by atoms with Gasteiger partial charge in [0.05, 0.1) is 17.4 Å². The van der Waals surface area contributed by atoms with Crippen molar-refractivity contribution in [3.05, 3.63) is 84.2 Å². The number of hydrogen-bond acceptors (Lipinski definition) is 3. The summed E-state index contributed by atoms with van der Waals surface area (Å²) in [7, 11) is 1.84. The quantitative estimate of drug-likeness (QED) is 0.767. The van der Waals surface area contributed by atoms with E-state index in [1.54, 1.807) is 12.3 Å². The van der Waals surface area contributed by atoms with Crippen LogP contribution >= 0.6 is 0 Å². The third-order valence-corrected chi connectivity index (χ3v) is 3.72. The van der Waals surface area contributed by atoms with Crippen molar-refractivity contribution in [3.8, 4) is 0 Å². The molecule has 0 aliphatic rings. The van der Waals surface area contributed by atoms with Crippen molar-refractivity contribution in [1.29, 1.82) is 0 Å². The molecule has 1 N–H and O–H groups in total. The third-order valence-electron chi connectivity index (χ3n) is 3.72. The lowest BCUT2D eigenvalue weighted by Crippen LogP contribution is -2.16. The first-order valence-electron chi connectivity index (χ1n) is 7.55. The molecule has 0 radical (unpaired) electrons. The number of pyridine rings is 1. The highest BCUT2D eigenvalue weighted by Gasteiger charge is 2.15. The molecule has 1 amide bonds. The van der Waals surface area contributed by atoms with Crippen LogP contribution in [0.1, 0.15) is 10.4 Å². The van der Waals surface area contributed by atoms with Crippen LogP contribution in [-0.4, -0.2) is 17.9 Å². The molecule has 0 bridgehead atoms.